The second-order valence-corrected chi connectivity index (χ2v) is 5.20. The molecule has 110 valence electrons. The molecule has 1 saturated heterocycles. The highest BCUT2D eigenvalue weighted by atomic mass is 16.4. The van der Waals surface area contributed by atoms with Crippen molar-refractivity contribution in [2.75, 3.05) is 37.6 Å². The molecule has 0 saturated carbocycles. The fraction of sp³-hybridized carbons (Fsp3) is 0.333. The average Bonchev–Trinajstić information content (AvgIpc) is 2.55. The zero-order valence-electron chi connectivity index (χ0n) is 11.8. The molecule has 0 amide bonds. The third kappa shape index (κ3) is 2.90. The molecule has 21 heavy (non-hydrogen) atoms. The largest absolute Gasteiger partial charge is 0.409 e. The quantitative estimate of drug-likeness (QED) is 0.382. The number of pyridine rings is 1. The van der Waals surface area contributed by atoms with Crippen molar-refractivity contribution in [3.05, 3.63) is 36.5 Å². The first kappa shape index (κ1) is 13.6. The molecule has 3 N–H and O–H groups in total. The van der Waals surface area contributed by atoms with Crippen LogP contribution in [0.1, 0.15) is 0 Å². The number of fused-ring (bicyclic) bond motifs is 1. The Balaban J connectivity index is 1.74. The number of hydrogen-bond acceptors (Lipinski definition) is 5. The van der Waals surface area contributed by atoms with Crippen LogP contribution in [0.2, 0.25) is 0 Å². The van der Waals surface area contributed by atoms with Crippen LogP contribution < -0.4 is 10.6 Å². The van der Waals surface area contributed by atoms with Gasteiger partial charge in [0, 0.05) is 43.4 Å². The second kappa shape index (κ2) is 5.97. The van der Waals surface area contributed by atoms with E-state index in [0.717, 1.165) is 31.7 Å². The Morgan fingerprint density at radius 2 is 1.95 bits per heavy atom. The molecule has 0 bridgehead atoms. The first-order chi connectivity index (χ1) is 10.3. The van der Waals surface area contributed by atoms with Crippen molar-refractivity contribution in [3.63, 3.8) is 0 Å². The summed E-state index contributed by atoms with van der Waals surface area (Å²) >= 11 is 0. The zero-order valence-corrected chi connectivity index (χ0v) is 11.8. The highest BCUT2D eigenvalue weighted by Gasteiger charge is 2.19. The molecule has 1 aromatic heterocycles. The van der Waals surface area contributed by atoms with Gasteiger partial charge in [0.2, 0.25) is 0 Å². The minimum absolute atomic E-state index is 0.262. The van der Waals surface area contributed by atoms with Gasteiger partial charge in [-0.05, 0) is 12.1 Å². The maximum atomic E-state index is 8.63. The molecule has 0 atom stereocenters. The summed E-state index contributed by atoms with van der Waals surface area (Å²) in [6.45, 7) is 4.15. The summed E-state index contributed by atoms with van der Waals surface area (Å²) < 4.78 is 0. The molecule has 6 nitrogen and oxygen atoms in total. The van der Waals surface area contributed by atoms with Crippen LogP contribution in [0.25, 0.3) is 10.9 Å². The molecule has 1 aromatic carbocycles. The molecular formula is C15H19N5O. The van der Waals surface area contributed by atoms with E-state index in [1.165, 1.54) is 11.1 Å². The average molecular weight is 285 g/mol. The van der Waals surface area contributed by atoms with Crippen molar-refractivity contribution in [2.24, 2.45) is 10.9 Å². The van der Waals surface area contributed by atoms with Crippen LogP contribution >= 0.6 is 0 Å². The molecule has 2 heterocycles. The summed E-state index contributed by atoms with van der Waals surface area (Å²) in [6, 6.07) is 10.3. The number of benzene rings is 1. The van der Waals surface area contributed by atoms with Gasteiger partial charge in [-0.1, -0.05) is 23.4 Å². The number of nitrogens with zero attached hydrogens (tertiary/aromatic N) is 4. The predicted molar refractivity (Wildman–Crippen MR) is 83.8 cm³/mol. The monoisotopic (exact) mass is 285 g/mol. The lowest BCUT2D eigenvalue weighted by molar-refractivity contribution is 0.279. The number of nitrogens with two attached hydrogens (primary N) is 1. The van der Waals surface area contributed by atoms with E-state index in [1.54, 1.807) is 0 Å². The fourth-order valence-electron chi connectivity index (χ4n) is 2.76. The van der Waals surface area contributed by atoms with E-state index in [4.69, 9.17) is 10.9 Å². The minimum atomic E-state index is 0.262. The van der Waals surface area contributed by atoms with Crippen molar-refractivity contribution in [3.8, 4) is 0 Å². The number of aromatic nitrogens is 1. The van der Waals surface area contributed by atoms with Crippen molar-refractivity contribution in [1.82, 2.24) is 9.88 Å². The van der Waals surface area contributed by atoms with Crippen molar-refractivity contribution in [1.29, 1.82) is 0 Å². The Labute approximate surface area is 123 Å². The maximum Gasteiger partial charge on any atom is 0.153 e. The Kier molecular flexibility index (Phi) is 3.87. The molecule has 1 aliphatic rings. The lowest BCUT2D eigenvalue weighted by Crippen LogP contribution is -2.49. The second-order valence-electron chi connectivity index (χ2n) is 5.20. The summed E-state index contributed by atoms with van der Waals surface area (Å²) in [6.07, 6.45) is 1.86. The van der Waals surface area contributed by atoms with Crippen LogP contribution in [0.3, 0.4) is 0 Å². The van der Waals surface area contributed by atoms with E-state index in [-0.39, 0.29) is 5.84 Å². The summed E-state index contributed by atoms with van der Waals surface area (Å²) in [5.41, 5.74) is 7.81. The van der Waals surface area contributed by atoms with E-state index in [9.17, 15) is 0 Å². The molecule has 0 spiro atoms. The van der Waals surface area contributed by atoms with E-state index in [2.05, 4.69) is 32.1 Å². The maximum absolute atomic E-state index is 8.63. The smallest absolute Gasteiger partial charge is 0.153 e. The van der Waals surface area contributed by atoms with Gasteiger partial charge in [-0.3, -0.25) is 9.88 Å². The highest BCUT2D eigenvalue weighted by molar-refractivity contribution is 5.91. The number of amidine groups is 1. The van der Waals surface area contributed by atoms with E-state index >= 15 is 0 Å². The Morgan fingerprint density at radius 3 is 2.71 bits per heavy atom. The van der Waals surface area contributed by atoms with Crippen LogP contribution in [-0.2, 0) is 0 Å². The first-order valence-corrected chi connectivity index (χ1v) is 7.05. The van der Waals surface area contributed by atoms with Crippen LogP contribution in [0.15, 0.2) is 41.7 Å². The van der Waals surface area contributed by atoms with E-state index in [0.29, 0.717) is 6.54 Å². The number of piperazine rings is 1. The lowest BCUT2D eigenvalue weighted by Gasteiger charge is -2.36. The van der Waals surface area contributed by atoms with E-state index < -0.39 is 0 Å². The zero-order chi connectivity index (χ0) is 14.7. The molecule has 1 aliphatic heterocycles. The van der Waals surface area contributed by atoms with Crippen LogP contribution in [0, 0.1) is 0 Å². The van der Waals surface area contributed by atoms with Crippen LogP contribution in [0.4, 0.5) is 5.69 Å². The normalized spacial score (nSPS) is 17.3. The van der Waals surface area contributed by atoms with Gasteiger partial charge in [0.15, 0.2) is 5.84 Å². The third-order valence-corrected chi connectivity index (χ3v) is 3.85. The SMILES string of the molecule is NC(CN1CCN(c2ccnc3ccccc23)CC1)=NO. The molecule has 3 rings (SSSR count). The summed E-state index contributed by atoms with van der Waals surface area (Å²) in [4.78, 5) is 8.96. The van der Waals surface area contributed by atoms with E-state index in [1.807, 2.05) is 24.4 Å². The van der Waals surface area contributed by atoms with Crippen molar-refractivity contribution in [2.45, 2.75) is 0 Å². The minimum Gasteiger partial charge on any atom is -0.409 e. The van der Waals surface area contributed by atoms with Gasteiger partial charge in [-0.15, -0.1) is 0 Å². The summed E-state index contributed by atoms with van der Waals surface area (Å²) in [7, 11) is 0. The van der Waals surface area contributed by atoms with Gasteiger partial charge in [0.25, 0.3) is 0 Å². The van der Waals surface area contributed by atoms with Gasteiger partial charge in [-0.25, -0.2) is 0 Å². The fourth-order valence-corrected chi connectivity index (χ4v) is 2.76. The molecule has 0 unspecified atom stereocenters. The van der Waals surface area contributed by atoms with Gasteiger partial charge >= 0.3 is 0 Å². The lowest BCUT2D eigenvalue weighted by atomic mass is 10.1. The molecule has 1 fully saturated rings. The predicted octanol–water partition coefficient (Wildman–Crippen LogP) is 1.10. The van der Waals surface area contributed by atoms with Gasteiger partial charge in [-0.2, -0.15) is 0 Å². The Hall–Kier alpha value is -2.34. The molecule has 0 aliphatic carbocycles. The van der Waals surface area contributed by atoms with Crippen molar-refractivity contribution < 1.29 is 5.21 Å². The Bertz CT molecular complexity index is 644. The van der Waals surface area contributed by atoms with Crippen LogP contribution in [0.5, 0.6) is 0 Å². The number of oxime groups is 1. The van der Waals surface area contributed by atoms with Crippen LogP contribution in [-0.4, -0.2) is 53.7 Å². The highest BCUT2D eigenvalue weighted by Crippen LogP contribution is 2.25. The third-order valence-electron chi connectivity index (χ3n) is 3.85. The number of para-hydroxylation sites is 1. The van der Waals surface area contributed by atoms with Gasteiger partial charge in [0.05, 0.1) is 12.1 Å². The molecule has 0 radical (unpaired) electrons. The topological polar surface area (TPSA) is 78.0 Å². The number of anilines is 1. The van der Waals surface area contributed by atoms with Gasteiger partial charge in [0.1, 0.15) is 0 Å². The molecule has 2 aromatic rings. The summed E-state index contributed by atoms with van der Waals surface area (Å²) in [5.74, 6) is 0.262. The first-order valence-electron chi connectivity index (χ1n) is 7.05. The molecular weight excluding hydrogens is 266 g/mol. The van der Waals surface area contributed by atoms with Crippen molar-refractivity contribution >= 4 is 22.4 Å². The standard InChI is InChI=1S/C15H19N5O/c16-15(18-21)11-19-7-9-20(10-8-19)14-5-6-17-13-4-2-1-3-12(13)14/h1-6,21H,7-11H2,(H2,16,18). The molecule has 6 heteroatoms. The number of hydrogen-bond donors (Lipinski definition) is 2. The number of rotatable bonds is 3. The van der Waals surface area contributed by atoms with Gasteiger partial charge < -0.3 is 15.8 Å². The summed E-state index contributed by atoms with van der Waals surface area (Å²) in [5, 5.41) is 12.8. The Morgan fingerprint density at radius 1 is 1.19 bits per heavy atom.